The molecule has 4 heterocycles. The van der Waals surface area contributed by atoms with E-state index in [1.807, 2.05) is 31.5 Å². The van der Waals surface area contributed by atoms with Gasteiger partial charge < -0.3 is 20.7 Å². The van der Waals surface area contributed by atoms with Crippen LogP contribution in [0.1, 0.15) is 83.0 Å². The Labute approximate surface area is 258 Å². The van der Waals surface area contributed by atoms with E-state index in [1.54, 1.807) is 0 Å². The molecule has 1 aromatic heterocycles. The first-order chi connectivity index (χ1) is 21.0. The number of fused-ring (bicyclic) bond motifs is 1. The van der Waals surface area contributed by atoms with Crippen molar-refractivity contribution in [2.24, 2.45) is 16.3 Å². The molecule has 0 aromatic carbocycles. The van der Waals surface area contributed by atoms with Crippen molar-refractivity contribution >= 4 is 11.5 Å². The van der Waals surface area contributed by atoms with Crippen LogP contribution in [0.15, 0.2) is 78.1 Å². The first kappa shape index (κ1) is 31.2. The molecular formula is C35H51N7O. The van der Waals surface area contributed by atoms with Gasteiger partial charge in [-0.3, -0.25) is 15.2 Å². The lowest BCUT2D eigenvalue weighted by molar-refractivity contribution is 0.126. The highest BCUT2D eigenvalue weighted by Crippen LogP contribution is 2.46. The predicted molar refractivity (Wildman–Crippen MR) is 178 cm³/mol. The number of rotatable bonds is 12. The van der Waals surface area contributed by atoms with Gasteiger partial charge in [0, 0.05) is 67.6 Å². The van der Waals surface area contributed by atoms with E-state index in [0.29, 0.717) is 12.5 Å². The van der Waals surface area contributed by atoms with Crippen molar-refractivity contribution in [2.45, 2.75) is 78.0 Å². The highest BCUT2D eigenvalue weighted by molar-refractivity contribution is 5.86. The molecule has 2 fully saturated rings. The van der Waals surface area contributed by atoms with Gasteiger partial charge in [-0.15, -0.1) is 6.58 Å². The molecule has 1 aromatic rings. The molecular weight excluding hydrogens is 534 g/mol. The molecule has 8 heteroatoms. The summed E-state index contributed by atoms with van der Waals surface area (Å²) in [7, 11) is 0. The third kappa shape index (κ3) is 7.48. The summed E-state index contributed by atoms with van der Waals surface area (Å²) in [6.07, 6.45) is 24.2. The van der Waals surface area contributed by atoms with Crippen molar-refractivity contribution in [3.63, 3.8) is 0 Å². The average molecular weight is 586 g/mol. The molecule has 8 nitrogen and oxygen atoms in total. The van der Waals surface area contributed by atoms with Crippen molar-refractivity contribution < 1.29 is 4.74 Å². The summed E-state index contributed by atoms with van der Waals surface area (Å²) in [4.78, 5) is 12.0. The lowest BCUT2D eigenvalue weighted by Gasteiger charge is -2.45. The molecule has 5 rings (SSSR count). The maximum Gasteiger partial charge on any atom is 0.107 e. The first-order valence-electron chi connectivity index (χ1n) is 16.2. The van der Waals surface area contributed by atoms with Crippen LogP contribution in [0.3, 0.4) is 0 Å². The van der Waals surface area contributed by atoms with E-state index in [0.717, 1.165) is 62.7 Å². The Balaban J connectivity index is 1.25. The Morgan fingerprint density at radius 3 is 2.74 bits per heavy atom. The van der Waals surface area contributed by atoms with Crippen LogP contribution in [0, 0.1) is 11.3 Å². The molecule has 1 saturated carbocycles. The number of anilines is 1. The van der Waals surface area contributed by atoms with Crippen molar-refractivity contribution in [1.82, 2.24) is 25.8 Å². The lowest BCUT2D eigenvalue weighted by Crippen LogP contribution is -2.57. The lowest BCUT2D eigenvalue weighted by atomic mass is 9.85. The number of piperazine rings is 1. The molecule has 43 heavy (non-hydrogen) atoms. The largest absolute Gasteiger partial charge is 0.493 e. The molecule has 0 radical (unpaired) electrons. The van der Waals surface area contributed by atoms with E-state index < -0.39 is 0 Å². The maximum atomic E-state index is 6.15. The average Bonchev–Trinajstić information content (AvgIpc) is 3.90. The second-order valence-electron chi connectivity index (χ2n) is 12.3. The number of allylic oxidation sites excluding steroid dienone is 4. The van der Waals surface area contributed by atoms with Crippen molar-refractivity contribution in [3.05, 3.63) is 84.2 Å². The topological polar surface area (TPSA) is 85.8 Å². The van der Waals surface area contributed by atoms with Crippen LogP contribution in [0.25, 0.3) is 0 Å². The smallest absolute Gasteiger partial charge is 0.107 e. The Morgan fingerprint density at radius 2 is 2.05 bits per heavy atom. The summed E-state index contributed by atoms with van der Waals surface area (Å²) in [5, 5.41) is 15.0. The van der Waals surface area contributed by atoms with Crippen LogP contribution in [0.5, 0.6) is 0 Å². The molecule has 4 atom stereocenters. The summed E-state index contributed by atoms with van der Waals surface area (Å²) < 4.78 is 6.15. The standard InChI is InChI=1S/C35H51N7O/c1-6-11-27(12-10-21-43-30(7-2)35(5,8-3)9-4)39-31-22-26(15-16-38-31)33-40-29-24-37-23-28(25-13-14-25)32(29)34(41-33)42-19-17-36-18-20-42/h7-8,10-12,15-16,23-26,33-34,36,40-41H,3,6,9,13-14,17-22H2,1-2,4-5H3,(H,38,39)/b12-10-,27-11?,30-7?. The third-order valence-electron chi connectivity index (χ3n) is 9.25. The van der Waals surface area contributed by atoms with Gasteiger partial charge in [-0.2, -0.15) is 0 Å². The molecule has 1 saturated heterocycles. The monoisotopic (exact) mass is 585 g/mol. The second kappa shape index (κ2) is 14.5. The number of pyridine rings is 1. The Kier molecular flexibility index (Phi) is 10.5. The first-order valence-corrected chi connectivity index (χ1v) is 16.2. The molecule has 4 aliphatic rings. The summed E-state index contributed by atoms with van der Waals surface area (Å²) in [6, 6.07) is 0. The normalized spacial score (nSPS) is 26.3. The quantitative estimate of drug-likeness (QED) is 0.134. The van der Waals surface area contributed by atoms with Gasteiger partial charge >= 0.3 is 0 Å². The molecule has 3 aliphatic heterocycles. The molecule has 0 amide bonds. The third-order valence-corrected chi connectivity index (χ3v) is 9.25. The van der Waals surface area contributed by atoms with Crippen molar-refractivity contribution in [3.8, 4) is 0 Å². The highest BCUT2D eigenvalue weighted by atomic mass is 16.5. The van der Waals surface area contributed by atoms with Gasteiger partial charge in [-0.1, -0.05) is 32.1 Å². The van der Waals surface area contributed by atoms with Gasteiger partial charge in [0.1, 0.15) is 18.2 Å². The van der Waals surface area contributed by atoms with E-state index in [9.17, 15) is 0 Å². The fourth-order valence-corrected chi connectivity index (χ4v) is 6.31. The van der Waals surface area contributed by atoms with Crippen LogP contribution < -0.4 is 21.3 Å². The van der Waals surface area contributed by atoms with Gasteiger partial charge in [-0.05, 0) is 69.2 Å². The Hall–Kier alpha value is -3.20. The van der Waals surface area contributed by atoms with Gasteiger partial charge in [0.25, 0.3) is 0 Å². The minimum absolute atomic E-state index is 0.0757. The number of hydrogen-bond donors (Lipinski definition) is 4. The molecule has 0 bridgehead atoms. The van der Waals surface area contributed by atoms with E-state index in [-0.39, 0.29) is 23.7 Å². The number of ether oxygens (including phenoxy) is 1. The molecule has 1 aliphatic carbocycles. The zero-order chi connectivity index (χ0) is 30.2. The van der Waals surface area contributed by atoms with Crippen LogP contribution in [-0.4, -0.2) is 54.7 Å². The minimum Gasteiger partial charge on any atom is -0.493 e. The number of nitrogens with one attached hydrogen (secondary N) is 4. The summed E-state index contributed by atoms with van der Waals surface area (Å²) >= 11 is 0. The van der Waals surface area contributed by atoms with Gasteiger partial charge in [0.15, 0.2) is 0 Å². The highest BCUT2D eigenvalue weighted by Gasteiger charge is 2.39. The number of amidine groups is 1. The number of nitrogens with zero attached hydrogens (tertiary/aromatic N) is 3. The Morgan fingerprint density at radius 1 is 1.23 bits per heavy atom. The predicted octanol–water partition coefficient (Wildman–Crippen LogP) is 6.10. The number of hydrogen-bond acceptors (Lipinski definition) is 8. The van der Waals surface area contributed by atoms with Gasteiger partial charge in [0.2, 0.25) is 0 Å². The molecule has 0 spiro atoms. The van der Waals surface area contributed by atoms with E-state index in [2.05, 4.69) is 89.0 Å². The summed E-state index contributed by atoms with van der Waals surface area (Å²) in [6.45, 7) is 17.1. The Bertz CT molecular complexity index is 1270. The molecule has 4 unspecified atom stereocenters. The summed E-state index contributed by atoms with van der Waals surface area (Å²) in [5.74, 6) is 2.81. The van der Waals surface area contributed by atoms with Crippen LogP contribution in [0.2, 0.25) is 0 Å². The maximum absolute atomic E-state index is 6.15. The van der Waals surface area contributed by atoms with Crippen LogP contribution in [-0.2, 0) is 4.74 Å². The van der Waals surface area contributed by atoms with Crippen molar-refractivity contribution in [1.29, 1.82) is 0 Å². The van der Waals surface area contributed by atoms with Crippen LogP contribution >= 0.6 is 0 Å². The van der Waals surface area contributed by atoms with Crippen LogP contribution in [0.4, 0.5) is 5.69 Å². The minimum atomic E-state index is -0.151. The zero-order valence-corrected chi connectivity index (χ0v) is 26.5. The van der Waals surface area contributed by atoms with E-state index in [4.69, 9.17) is 9.73 Å². The fraction of sp³-hybridized carbons (Fsp3) is 0.543. The zero-order valence-electron chi connectivity index (χ0n) is 26.5. The molecule has 4 N–H and O–H groups in total. The second-order valence-corrected chi connectivity index (χ2v) is 12.3. The van der Waals surface area contributed by atoms with Gasteiger partial charge in [0.05, 0.1) is 24.2 Å². The van der Waals surface area contributed by atoms with E-state index in [1.165, 1.54) is 29.7 Å². The summed E-state index contributed by atoms with van der Waals surface area (Å²) in [5.41, 5.74) is 4.87. The SMILES string of the molecule is C=CC(C)(CC)C(=CC)OC/C=C\C(=CCC)NC1=NC=CC(C2Nc3cncc(C4CC4)c3C(N3CCNCC3)N2)C1. The molecule has 232 valence electrons. The van der Waals surface area contributed by atoms with E-state index >= 15 is 0 Å². The number of aliphatic imine (C=N–C) groups is 1. The fourth-order valence-electron chi connectivity index (χ4n) is 6.31. The van der Waals surface area contributed by atoms with Crippen molar-refractivity contribution in [2.75, 3.05) is 38.1 Å². The number of aromatic nitrogens is 1. The van der Waals surface area contributed by atoms with Gasteiger partial charge in [-0.25, -0.2) is 4.99 Å².